The van der Waals surface area contributed by atoms with Gasteiger partial charge in [-0.15, -0.1) is 0 Å². The predicted molar refractivity (Wildman–Crippen MR) is 74.1 cm³/mol. The molecule has 1 heterocycles. The molecule has 0 aliphatic carbocycles. The number of nitrogens with two attached hydrogens (primary N) is 1. The Morgan fingerprint density at radius 2 is 2.06 bits per heavy atom. The van der Waals surface area contributed by atoms with Gasteiger partial charge in [0, 0.05) is 6.07 Å². The molecule has 0 fully saturated rings. The van der Waals surface area contributed by atoms with Crippen molar-refractivity contribution in [3.63, 3.8) is 0 Å². The van der Waals surface area contributed by atoms with E-state index in [-0.39, 0.29) is 6.10 Å². The number of pyridine rings is 1. The molecule has 1 rings (SSSR count). The van der Waals surface area contributed by atoms with Gasteiger partial charge in [-0.05, 0) is 25.8 Å². The monoisotopic (exact) mass is 252 g/mol. The Balaban J connectivity index is 2.41. The van der Waals surface area contributed by atoms with E-state index >= 15 is 0 Å². The van der Waals surface area contributed by atoms with Crippen molar-refractivity contribution in [2.24, 2.45) is 0 Å². The van der Waals surface area contributed by atoms with Crippen molar-refractivity contribution in [2.45, 2.75) is 52.1 Å². The summed E-state index contributed by atoms with van der Waals surface area (Å²) >= 11 is 0. The predicted octanol–water partition coefficient (Wildman–Crippen LogP) is 3.41. The summed E-state index contributed by atoms with van der Waals surface area (Å²) in [6.07, 6.45) is 6.23. The summed E-state index contributed by atoms with van der Waals surface area (Å²) in [5, 5.41) is 0. The van der Waals surface area contributed by atoms with Crippen LogP contribution in [-0.2, 0) is 0 Å². The van der Waals surface area contributed by atoms with Crippen LogP contribution in [-0.4, -0.2) is 18.2 Å². The third-order valence-electron chi connectivity index (χ3n) is 2.84. The fourth-order valence-corrected chi connectivity index (χ4v) is 1.79. The van der Waals surface area contributed by atoms with Gasteiger partial charge in [-0.25, -0.2) is 0 Å². The molecular formula is C14H24N2O2. The van der Waals surface area contributed by atoms with Crippen LogP contribution in [0.4, 0.5) is 5.69 Å². The molecule has 4 heteroatoms. The minimum absolute atomic E-state index is 0.169. The lowest BCUT2D eigenvalue weighted by atomic mass is 10.1. The van der Waals surface area contributed by atoms with E-state index in [1.807, 2.05) is 0 Å². The van der Waals surface area contributed by atoms with E-state index in [4.69, 9.17) is 15.2 Å². The number of rotatable bonds is 8. The molecule has 0 saturated carbocycles. The van der Waals surface area contributed by atoms with Crippen molar-refractivity contribution in [1.29, 1.82) is 0 Å². The quantitative estimate of drug-likeness (QED) is 0.720. The summed E-state index contributed by atoms with van der Waals surface area (Å²) in [7, 11) is 1.55. The topological polar surface area (TPSA) is 57.4 Å². The van der Waals surface area contributed by atoms with Gasteiger partial charge in [-0.3, -0.25) is 0 Å². The third-order valence-corrected chi connectivity index (χ3v) is 2.84. The number of nitrogens with zero attached hydrogens (tertiary/aromatic N) is 1. The number of ether oxygens (including phenoxy) is 2. The second kappa shape index (κ2) is 7.80. The number of unbranched alkanes of at least 4 members (excludes halogenated alkanes) is 3. The van der Waals surface area contributed by atoms with Crippen LogP contribution in [0.2, 0.25) is 0 Å². The molecule has 1 atom stereocenters. The maximum atomic E-state index is 5.75. The second-order valence-electron chi connectivity index (χ2n) is 4.53. The molecule has 0 aliphatic rings. The Kier molecular flexibility index (Phi) is 6.33. The van der Waals surface area contributed by atoms with E-state index in [0.717, 1.165) is 6.42 Å². The van der Waals surface area contributed by atoms with Crippen LogP contribution in [0.15, 0.2) is 12.1 Å². The number of anilines is 1. The average molecular weight is 252 g/mol. The van der Waals surface area contributed by atoms with E-state index < -0.39 is 0 Å². The summed E-state index contributed by atoms with van der Waals surface area (Å²) in [4.78, 5) is 4.21. The fraction of sp³-hybridized carbons (Fsp3) is 0.643. The van der Waals surface area contributed by atoms with Crippen molar-refractivity contribution in [3.05, 3.63) is 12.1 Å². The molecule has 0 aliphatic heterocycles. The molecule has 2 N–H and O–H groups in total. The smallest absolute Gasteiger partial charge is 0.240 e. The first-order valence-corrected chi connectivity index (χ1v) is 6.64. The van der Waals surface area contributed by atoms with Gasteiger partial charge < -0.3 is 15.2 Å². The zero-order valence-corrected chi connectivity index (χ0v) is 11.6. The summed E-state index contributed by atoms with van der Waals surface area (Å²) in [5.74, 6) is 0.995. The fourth-order valence-electron chi connectivity index (χ4n) is 1.79. The van der Waals surface area contributed by atoms with Crippen LogP contribution in [0, 0.1) is 0 Å². The third kappa shape index (κ3) is 4.82. The molecule has 1 aromatic rings. The van der Waals surface area contributed by atoms with Gasteiger partial charge in [-0.2, -0.15) is 4.98 Å². The van der Waals surface area contributed by atoms with Crippen molar-refractivity contribution in [1.82, 2.24) is 4.98 Å². The lowest BCUT2D eigenvalue weighted by molar-refractivity contribution is 0.196. The van der Waals surface area contributed by atoms with Crippen molar-refractivity contribution < 1.29 is 9.47 Å². The lowest BCUT2D eigenvalue weighted by Crippen LogP contribution is -2.12. The standard InChI is InChI=1S/C14H24N2O2/c1-4-5-6-7-8-11(2)18-13-10-9-12(15)14(16-13)17-3/h9-11H,4-8,15H2,1-3H3. The minimum Gasteiger partial charge on any atom is -0.479 e. The molecule has 0 aromatic carbocycles. The highest BCUT2D eigenvalue weighted by Gasteiger charge is 2.08. The molecule has 1 aromatic heterocycles. The first-order chi connectivity index (χ1) is 8.67. The largest absolute Gasteiger partial charge is 0.479 e. The number of nitrogen functional groups attached to an aromatic ring is 1. The highest BCUT2D eigenvalue weighted by Crippen LogP contribution is 2.22. The Morgan fingerprint density at radius 3 is 2.72 bits per heavy atom. The normalized spacial score (nSPS) is 12.2. The zero-order chi connectivity index (χ0) is 13.4. The number of hydrogen-bond donors (Lipinski definition) is 1. The molecule has 0 amide bonds. The van der Waals surface area contributed by atoms with E-state index in [0.29, 0.717) is 17.4 Å². The van der Waals surface area contributed by atoms with Gasteiger partial charge in [0.15, 0.2) is 0 Å². The zero-order valence-electron chi connectivity index (χ0n) is 11.6. The Hall–Kier alpha value is -1.45. The SMILES string of the molecule is CCCCCCC(C)Oc1ccc(N)c(OC)n1. The van der Waals surface area contributed by atoms with Crippen LogP contribution >= 0.6 is 0 Å². The van der Waals surface area contributed by atoms with Crippen molar-refractivity contribution >= 4 is 5.69 Å². The first-order valence-electron chi connectivity index (χ1n) is 6.64. The maximum absolute atomic E-state index is 5.75. The number of aromatic nitrogens is 1. The Bertz CT molecular complexity index is 356. The van der Waals surface area contributed by atoms with Gasteiger partial charge in [0.25, 0.3) is 0 Å². The Labute approximate surface area is 110 Å². The second-order valence-corrected chi connectivity index (χ2v) is 4.53. The first kappa shape index (κ1) is 14.6. The van der Waals surface area contributed by atoms with Crippen LogP contribution in [0.3, 0.4) is 0 Å². The van der Waals surface area contributed by atoms with Crippen LogP contribution in [0.5, 0.6) is 11.8 Å². The maximum Gasteiger partial charge on any atom is 0.240 e. The summed E-state index contributed by atoms with van der Waals surface area (Å²) in [6, 6.07) is 3.53. The summed E-state index contributed by atoms with van der Waals surface area (Å²) in [6.45, 7) is 4.28. The van der Waals surface area contributed by atoms with E-state index in [1.165, 1.54) is 25.7 Å². The average Bonchev–Trinajstić information content (AvgIpc) is 2.37. The highest BCUT2D eigenvalue weighted by atomic mass is 16.5. The molecule has 4 nitrogen and oxygen atoms in total. The number of hydrogen-bond acceptors (Lipinski definition) is 4. The van der Waals surface area contributed by atoms with Gasteiger partial charge in [0.2, 0.25) is 11.8 Å². The van der Waals surface area contributed by atoms with Crippen LogP contribution < -0.4 is 15.2 Å². The molecule has 1 unspecified atom stereocenters. The van der Waals surface area contributed by atoms with Crippen LogP contribution in [0.25, 0.3) is 0 Å². The summed E-state index contributed by atoms with van der Waals surface area (Å²) in [5.41, 5.74) is 6.23. The van der Waals surface area contributed by atoms with E-state index in [1.54, 1.807) is 19.2 Å². The lowest BCUT2D eigenvalue weighted by Gasteiger charge is -2.14. The van der Waals surface area contributed by atoms with E-state index in [2.05, 4.69) is 18.8 Å². The van der Waals surface area contributed by atoms with Gasteiger partial charge in [0.05, 0.1) is 18.9 Å². The molecule has 18 heavy (non-hydrogen) atoms. The highest BCUT2D eigenvalue weighted by molar-refractivity contribution is 5.49. The van der Waals surface area contributed by atoms with Crippen LogP contribution in [0.1, 0.15) is 46.0 Å². The van der Waals surface area contributed by atoms with Crippen molar-refractivity contribution in [2.75, 3.05) is 12.8 Å². The molecule has 0 saturated heterocycles. The van der Waals surface area contributed by atoms with Crippen molar-refractivity contribution in [3.8, 4) is 11.8 Å². The van der Waals surface area contributed by atoms with Gasteiger partial charge in [-0.1, -0.05) is 26.2 Å². The van der Waals surface area contributed by atoms with Gasteiger partial charge >= 0.3 is 0 Å². The molecule has 0 spiro atoms. The van der Waals surface area contributed by atoms with E-state index in [9.17, 15) is 0 Å². The number of methoxy groups -OCH3 is 1. The van der Waals surface area contributed by atoms with Gasteiger partial charge in [0.1, 0.15) is 0 Å². The minimum atomic E-state index is 0.169. The molecule has 102 valence electrons. The molecular weight excluding hydrogens is 228 g/mol. The molecule has 0 radical (unpaired) electrons. The summed E-state index contributed by atoms with van der Waals surface area (Å²) < 4.78 is 10.8. The Morgan fingerprint density at radius 1 is 1.28 bits per heavy atom. The molecule has 0 bridgehead atoms.